The summed E-state index contributed by atoms with van der Waals surface area (Å²) in [5, 5.41) is 2.94. The van der Waals surface area contributed by atoms with Crippen molar-refractivity contribution in [3.63, 3.8) is 0 Å². The van der Waals surface area contributed by atoms with Crippen LogP contribution in [0.3, 0.4) is 0 Å². The molecule has 4 heteroatoms. The van der Waals surface area contributed by atoms with Crippen molar-refractivity contribution in [1.82, 2.24) is 0 Å². The zero-order chi connectivity index (χ0) is 14.5. The fourth-order valence-electron chi connectivity index (χ4n) is 2.07. The van der Waals surface area contributed by atoms with Crippen molar-refractivity contribution in [2.24, 2.45) is 0 Å². The molecule has 20 heavy (non-hydrogen) atoms. The summed E-state index contributed by atoms with van der Waals surface area (Å²) < 4.78 is 13.0. The third kappa shape index (κ3) is 3.36. The van der Waals surface area contributed by atoms with Crippen LogP contribution in [0.2, 0.25) is 5.02 Å². The van der Waals surface area contributed by atoms with Crippen LogP contribution in [0, 0.1) is 5.82 Å². The minimum absolute atomic E-state index is 0.146. The first kappa shape index (κ1) is 14.5. The van der Waals surface area contributed by atoms with Gasteiger partial charge >= 0.3 is 0 Å². The Balaban J connectivity index is 2.18. The summed E-state index contributed by atoms with van der Waals surface area (Å²) in [5.74, 6) is -0.826. The molecule has 0 bridgehead atoms. The van der Waals surface area contributed by atoms with E-state index in [4.69, 9.17) is 11.6 Å². The smallest absolute Gasteiger partial charge is 0.231 e. The van der Waals surface area contributed by atoms with Gasteiger partial charge in [0.1, 0.15) is 5.82 Å². The first-order valence-corrected chi connectivity index (χ1v) is 6.80. The average Bonchev–Trinajstić information content (AvgIpc) is 2.44. The highest BCUT2D eigenvalue weighted by Crippen LogP contribution is 2.26. The molecule has 0 saturated carbocycles. The number of rotatable bonds is 4. The normalized spacial score (nSPS) is 11.9. The van der Waals surface area contributed by atoms with Crippen LogP contribution in [-0.4, -0.2) is 5.91 Å². The molecule has 0 saturated heterocycles. The van der Waals surface area contributed by atoms with Crippen LogP contribution in [0.25, 0.3) is 0 Å². The van der Waals surface area contributed by atoms with Crippen molar-refractivity contribution in [2.45, 2.75) is 19.3 Å². The molecule has 1 N–H and O–H groups in total. The van der Waals surface area contributed by atoms with Crippen LogP contribution in [0.5, 0.6) is 0 Å². The summed E-state index contributed by atoms with van der Waals surface area (Å²) in [5.41, 5.74) is 1.37. The Hall–Kier alpha value is -1.87. The van der Waals surface area contributed by atoms with Crippen LogP contribution in [0.4, 0.5) is 10.1 Å². The average molecular weight is 292 g/mol. The molecule has 0 aliphatic carbocycles. The van der Waals surface area contributed by atoms with Gasteiger partial charge in [0.15, 0.2) is 0 Å². The van der Waals surface area contributed by atoms with Crippen molar-refractivity contribution >= 4 is 23.2 Å². The Morgan fingerprint density at radius 1 is 1.25 bits per heavy atom. The van der Waals surface area contributed by atoms with Crippen molar-refractivity contribution in [3.05, 3.63) is 64.9 Å². The first-order chi connectivity index (χ1) is 9.61. The van der Waals surface area contributed by atoms with E-state index < -0.39 is 5.82 Å². The zero-order valence-electron chi connectivity index (χ0n) is 11.1. The van der Waals surface area contributed by atoms with Gasteiger partial charge in [-0.25, -0.2) is 4.39 Å². The van der Waals surface area contributed by atoms with Crippen LogP contribution in [-0.2, 0) is 4.79 Å². The second-order valence-electron chi connectivity index (χ2n) is 4.48. The van der Waals surface area contributed by atoms with Crippen LogP contribution >= 0.6 is 11.6 Å². The number of halogens is 2. The van der Waals surface area contributed by atoms with Gasteiger partial charge in [0, 0.05) is 0 Å². The van der Waals surface area contributed by atoms with E-state index in [-0.39, 0.29) is 16.8 Å². The van der Waals surface area contributed by atoms with Crippen molar-refractivity contribution in [3.8, 4) is 0 Å². The van der Waals surface area contributed by atoms with Crippen LogP contribution in [0.1, 0.15) is 24.8 Å². The molecule has 1 amide bonds. The lowest BCUT2D eigenvalue weighted by Crippen LogP contribution is -2.20. The second kappa shape index (κ2) is 6.53. The Morgan fingerprint density at radius 3 is 2.55 bits per heavy atom. The SMILES string of the molecule is CCC(C(=O)Nc1ccc(F)cc1Cl)c1ccccc1. The molecule has 0 radical (unpaired) electrons. The van der Waals surface area contributed by atoms with Crippen molar-refractivity contribution in [2.75, 3.05) is 5.32 Å². The van der Waals surface area contributed by atoms with Gasteiger partial charge < -0.3 is 5.32 Å². The number of nitrogens with one attached hydrogen (secondary N) is 1. The van der Waals surface area contributed by atoms with Gasteiger partial charge in [-0.2, -0.15) is 0 Å². The number of hydrogen-bond acceptors (Lipinski definition) is 1. The molecule has 2 nitrogen and oxygen atoms in total. The fourth-order valence-corrected chi connectivity index (χ4v) is 2.28. The molecule has 1 atom stereocenters. The maximum Gasteiger partial charge on any atom is 0.231 e. The maximum atomic E-state index is 13.0. The van der Waals surface area contributed by atoms with Gasteiger partial charge in [0.2, 0.25) is 5.91 Å². The van der Waals surface area contributed by atoms with E-state index in [0.717, 1.165) is 5.56 Å². The van der Waals surface area contributed by atoms with E-state index in [1.165, 1.54) is 18.2 Å². The van der Waals surface area contributed by atoms with E-state index in [1.54, 1.807) is 0 Å². The maximum absolute atomic E-state index is 13.0. The molecular formula is C16H15ClFNO. The summed E-state index contributed by atoms with van der Waals surface area (Å²) in [7, 11) is 0. The van der Waals surface area contributed by atoms with Crippen molar-refractivity contribution < 1.29 is 9.18 Å². The molecule has 2 aromatic carbocycles. The lowest BCUT2D eigenvalue weighted by molar-refractivity contribution is -0.117. The van der Waals surface area contributed by atoms with E-state index in [2.05, 4.69) is 5.32 Å². The quantitative estimate of drug-likeness (QED) is 0.875. The monoisotopic (exact) mass is 291 g/mol. The summed E-state index contributed by atoms with van der Waals surface area (Å²) in [6.45, 7) is 1.95. The molecule has 0 aliphatic heterocycles. The Labute approximate surface area is 122 Å². The molecule has 0 fully saturated rings. The molecule has 2 aromatic rings. The fraction of sp³-hybridized carbons (Fsp3) is 0.188. The van der Waals surface area contributed by atoms with Crippen LogP contribution < -0.4 is 5.32 Å². The Morgan fingerprint density at radius 2 is 1.95 bits per heavy atom. The van der Waals surface area contributed by atoms with Gasteiger partial charge in [0.25, 0.3) is 0 Å². The number of amides is 1. The van der Waals surface area contributed by atoms with Gasteiger partial charge in [-0.3, -0.25) is 4.79 Å². The number of anilines is 1. The highest BCUT2D eigenvalue weighted by atomic mass is 35.5. The number of hydrogen-bond donors (Lipinski definition) is 1. The van der Waals surface area contributed by atoms with Gasteiger partial charge in [0.05, 0.1) is 16.6 Å². The summed E-state index contributed by atoms with van der Waals surface area (Å²) in [6.07, 6.45) is 0.675. The molecule has 0 aliphatic rings. The topological polar surface area (TPSA) is 29.1 Å². The van der Waals surface area contributed by atoms with E-state index in [9.17, 15) is 9.18 Å². The number of carbonyl (C=O) groups excluding carboxylic acids is 1. The Kier molecular flexibility index (Phi) is 4.74. The minimum atomic E-state index is -0.428. The van der Waals surface area contributed by atoms with Gasteiger partial charge in [-0.05, 0) is 30.2 Å². The molecule has 104 valence electrons. The first-order valence-electron chi connectivity index (χ1n) is 6.42. The second-order valence-corrected chi connectivity index (χ2v) is 4.89. The van der Waals surface area contributed by atoms with E-state index >= 15 is 0 Å². The third-order valence-corrected chi connectivity index (χ3v) is 3.43. The minimum Gasteiger partial charge on any atom is -0.324 e. The lowest BCUT2D eigenvalue weighted by atomic mass is 9.95. The highest BCUT2D eigenvalue weighted by Gasteiger charge is 2.19. The molecule has 0 spiro atoms. The third-order valence-electron chi connectivity index (χ3n) is 3.12. The lowest BCUT2D eigenvalue weighted by Gasteiger charge is -2.16. The van der Waals surface area contributed by atoms with Gasteiger partial charge in [-0.1, -0.05) is 48.9 Å². The number of carbonyl (C=O) groups is 1. The Bertz CT molecular complexity index is 601. The van der Waals surface area contributed by atoms with Crippen LogP contribution in [0.15, 0.2) is 48.5 Å². The number of benzene rings is 2. The largest absolute Gasteiger partial charge is 0.324 e. The molecule has 1 unspecified atom stereocenters. The van der Waals surface area contributed by atoms with Gasteiger partial charge in [-0.15, -0.1) is 0 Å². The standard InChI is InChI=1S/C16H15ClFNO/c1-2-13(11-6-4-3-5-7-11)16(20)19-15-9-8-12(18)10-14(15)17/h3-10,13H,2H2,1H3,(H,19,20). The molecular weight excluding hydrogens is 277 g/mol. The highest BCUT2D eigenvalue weighted by molar-refractivity contribution is 6.33. The van der Waals surface area contributed by atoms with E-state index in [0.29, 0.717) is 12.1 Å². The summed E-state index contributed by atoms with van der Waals surface area (Å²) in [6, 6.07) is 13.5. The van der Waals surface area contributed by atoms with Crippen molar-refractivity contribution in [1.29, 1.82) is 0 Å². The molecule has 0 heterocycles. The predicted molar refractivity (Wildman–Crippen MR) is 79.5 cm³/mol. The molecule has 0 aromatic heterocycles. The summed E-state index contributed by atoms with van der Waals surface area (Å²) >= 11 is 5.91. The predicted octanol–water partition coefficient (Wildman–Crippen LogP) is 4.61. The van der Waals surface area contributed by atoms with E-state index in [1.807, 2.05) is 37.3 Å². The zero-order valence-corrected chi connectivity index (χ0v) is 11.8. The molecule has 2 rings (SSSR count). The summed E-state index contributed by atoms with van der Waals surface area (Å²) in [4.78, 5) is 12.3.